The lowest BCUT2D eigenvalue weighted by Crippen LogP contribution is -2.25. The molecule has 1 aromatic heterocycles. The van der Waals surface area contributed by atoms with Gasteiger partial charge in [-0.3, -0.25) is 4.79 Å². The van der Waals surface area contributed by atoms with E-state index < -0.39 is 0 Å². The number of benzene rings is 1. The number of carbonyl (C=O) groups is 1. The van der Waals surface area contributed by atoms with Gasteiger partial charge in [-0.05, 0) is 18.6 Å². The summed E-state index contributed by atoms with van der Waals surface area (Å²) in [6.07, 6.45) is 5.14. The molecule has 0 radical (unpaired) electrons. The molecule has 5 heteroatoms. The number of anilines is 2. The number of unbranched alkanes of at least 4 members (excludes halogenated alkanes) is 1. The van der Waals surface area contributed by atoms with Crippen molar-refractivity contribution in [1.29, 1.82) is 0 Å². The lowest BCUT2D eigenvalue weighted by atomic mass is 10.3. The number of amides is 1. The van der Waals surface area contributed by atoms with E-state index in [4.69, 9.17) is 0 Å². The van der Waals surface area contributed by atoms with Gasteiger partial charge in [-0.2, -0.15) is 0 Å². The summed E-state index contributed by atoms with van der Waals surface area (Å²) in [6.45, 7) is 2.77. The van der Waals surface area contributed by atoms with Crippen molar-refractivity contribution in [2.45, 2.75) is 19.8 Å². The zero-order chi connectivity index (χ0) is 15.1. The van der Waals surface area contributed by atoms with Crippen molar-refractivity contribution >= 4 is 17.5 Å². The molecule has 2 rings (SSSR count). The summed E-state index contributed by atoms with van der Waals surface area (Å²) in [5.41, 5.74) is 1.48. The molecular formula is C16H20N4O. The van der Waals surface area contributed by atoms with Crippen LogP contribution in [-0.2, 0) is 0 Å². The van der Waals surface area contributed by atoms with Gasteiger partial charge in [-0.15, -0.1) is 0 Å². The molecule has 0 spiro atoms. The molecule has 0 saturated heterocycles. The predicted molar refractivity (Wildman–Crippen MR) is 83.8 cm³/mol. The summed E-state index contributed by atoms with van der Waals surface area (Å²) >= 11 is 0. The van der Waals surface area contributed by atoms with Gasteiger partial charge in [0.1, 0.15) is 0 Å². The van der Waals surface area contributed by atoms with Crippen LogP contribution >= 0.6 is 0 Å². The summed E-state index contributed by atoms with van der Waals surface area (Å²) < 4.78 is 0. The number of carbonyl (C=O) groups excluding carboxylic acids is 1. The number of hydrogen-bond acceptors (Lipinski definition) is 4. The van der Waals surface area contributed by atoms with Crippen molar-refractivity contribution in [1.82, 2.24) is 15.3 Å². The Labute approximate surface area is 125 Å². The van der Waals surface area contributed by atoms with Gasteiger partial charge in [0.2, 0.25) is 5.95 Å². The Hall–Kier alpha value is -2.43. The maximum Gasteiger partial charge on any atom is 0.254 e. The Morgan fingerprint density at radius 1 is 1.19 bits per heavy atom. The standard InChI is InChI=1S/C16H20N4O/c1-3-4-10-17-15(21)13-11-18-16(19-12-13)20(2)14-8-6-5-7-9-14/h5-9,11-12H,3-4,10H2,1-2H3,(H,17,21). The first-order chi connectivity index (χ1) is 10.2. The molecular weight excluding hydrogens is 264 g/mol. The molecule has 1 heterocycles. The summed E-state index contributed by atoms with van der Waals surface area (Å²) in [5.74, 6) is 0.434. The molecule has 0 fully saturated rings. The van der Waals surface area contributed by atoms with Crippen LogP contribution in [0.5, 0.6) is 0 Å². The second kappa shape index (κ2) is 7.38. The highest BCUT2D eigenvalue weighted by molar-refractivity contribution is 5.93. The topological polar surface area (TPSA) is 58.1 Å². The fourth-order valence-corrected chi connectivity index (χ4v) is 1.86. The van der Waals surface area contributed by atoms with Crippen molar-refractivity contribution in [2.75, 3.05) is 18.5 Å². The first kappa shape index (κ1) is 15.0. The highest BCUT2D eigenvalue weighted by Crippen LogP contribution is 2.18. The van der Waals surface area contributed by atoms with Crippen LogP contribution in [0.1, 0.15) is 30.1 Å². The second-order valence-corrected chi connectivity index (χ2v) is 4.78. The maximum absolute atomic E-state index is 11.9. The fraction of sp³-hybridized carbons (Fsp3) is 0.312. The monoisotopic (exact) mass is 284 g/mol. The van der Waals surface area contributed by atoms with Gasteiger partial charge < -0.3 is 10.2 Å². The van der Waals surface area contributed by atoms with Crippen LogP contribution in [0.3, 0.4) is 0 Å². The second-order valence-electron chi connectivity index (χ2n) is 4.78. The van der Waals surface area contributed by atoms with Crippen molar-refractivity contribution in [3.8, 4) is 0 Å². The Kier molecular flexibility index (Phi) is 5.26. The van der Waals surface area contributed by atoms with E-state index in [0.29, 0.717) is 18.1 Å². The van der Waals surface area contributed by atoms with Gasteiger partial charge in [0.25, 0.3) is 5.91 Å². The molecule has 0 unspecified atom stereocenters. The summed E-state index contributed by atoms with van der Waals surface area (Å²) in [5, 5.41) is 2.85. The number of nitrogens with one attached hydrogen (secondary N) is 1. The van der Waals surface area contributed by atoms with E-state index in [2.05, 4.69) is 22.2 Å². The molecule has 5 nitrogen and oxygen atoms in total. The minimum Gasteiger partial charge on any atom is -0.352 e. The van der Waals surface area contributed by atoms with Crippen molar-refractivity contribution in [2.24, 2.45) is 0 Å². The SMILES string of the molecule is CCCCNC(=O)c1cnc(N(C)c2ccccc2)nc1. The Morgan fingerprint density at radius 3 is 2.48 bits per heavy atom. The Morgan fingerprint density at radius 2 is 1.86 bits per heavy atom. The summed E-state index contributed by atoms with van der Waals surface area (Å²) in [7, 11) is 1.89. The number of rotatable bonds is 6. The van der Waals surface area contributed by atoms with Gasteiger partial charge in [0.05, 0.1) is 5.56 Å². The molecule has 1 amide bonds. The summed E-state index contributed by atoms with van der Waals surface area (Å²) in [6, 6.07) is 9.84. The average molecular weight is 284 g/mol. The zero-order valence-corrected chi connectivity index (χ0v) is 12.4. The highest BCUT2D eigenvalue weighted by Gasteiger charge is 2.09. The molecule has 0 aliphatic rings. The third-order valence-corrected chi connectivity index (χ3v) is 3.16. The zero-order valence-electron chi connectivity index (χ0n) is 12.4. The van der Waals surface area contributed by atoms with Crippen LogP contribution in [0.4, 0.5) is 11.6 Å². The number of para-hydroxylation sites is 1. The van der Waals surface area contributed by atoms with Crippen LogP contribution in [0, 0.1) is 0 Å². The van der Waals surface area contributed by atoms with E-state index in [1.165, 1.54) is 0 Å². The molecule has 0 aliphatic carbocycles. The van der Waals surface area contributed by atoms with Crippen molar-refractivity contribution in [3.63, 3.8) is 0 Å². The molecule has 110 valence electrons. The van der Waals surface area contributed by atoms with Gasteiger partial charge in [-0.25, -0.2) is 9.97 Å². The third kappa shape index (κ3) is 4.02. The first-order valence-corrected chi connectivity index (χ1v) is 7.11. The minimum absolute atomic E-state index is 0.127. The van der Waals surface area contributed by atoms with Gasteiger partial charge in [0.15, 0.2) is 0 Å². The van der Waals surface area contributed by atoms with Crippen molar-refractivity contribution < 1.29 is 4.79 Å². The number of aromatic nitrogens is 2. The largest absolute Gasteiger partial charge is 0.352 e. The lowest BCUT2D eigenvalue weighted by Gasteiger charge is -2.16. The van der Waals surface area contributed by atoms with E-state index in [-0.39, 0.29) is 5.91 Å². The smallest absolute Gasteiger partial charge is 0.254 e. The molecule has 0 atom stereocenters. The molecule has 0 bridgehead atoms. The first-order valence-electron chi connectivity index (χ1n) is 7.11. The minimum atomic E-state index is -0.127. The van der Waals surface area contributed by atoms with E-state index in [1.807, 2.05) is 42.3 Å². The quantitative estimate of drug-likeness (QED) is 0.829. The predicted octanol–water partition coefficient (Wildman–Crippen LogP) is 2.77. The van der Waals surface area contributed by atoms with E-state index in [0.717, 1.165) is 18.5 Å². The lowest BCUT2D eigenvalue weighted by molar-refractivity contribution is 0.0952. The van der Waals surface area contributed by atoms with E-state index in [9.17, 15) is 4.79 Å². The van der Waals surface area contributed by atoms with Crippen LogP contribution in [0.15, 0.2) is 42.7 Å². The Bertz CT molecular complexity index is 569. The van der Waals surface area contributed by atoms with E-state index in [1.54, 1.807) is 12.4 Å². The van der Waals surface area contributed by atoms with E-state index >= 15 is 0 Å². The third-order valence-electron chi connectivity index (χ3n) is 3.16. The van der Waals surface area contributed by atoms with Crippen molar-refractivity contribution in [3.05, 3.63) is 48.3 Å². The van der Waals surface area contributed by atoms with Crippen LogP contribution in [-0.4, -0.2) is 29.5 Å². The number of hydrogen-bond donors (Lipinski definition) is 1. The molecule has 1 N–H and O–H groups in total. The fourth-order valence-electron chi connectivity index (χ4n) is 1.86. The number of nitrogens with zero attached hydrogens (tertiary/aromatic N) is 3. The van der Waals surface area contributed by atoms with Gasteiger partial charge >= 0.3 is 0 Å². The average Bonchev–Trinajstić information content (AvgIpc) is 2.55. The molecule has 0 saturated carbocycles. The maximum atomic E-state index is 11.9. The van der Waals surface area contributed by atoms with Gasteiger partial charge in [0, 0.05) is 31.7 Å². The highest BCUT2D eigenvalue weighted by atomic mass is 16.1. The molecule has 1 aromatic carbocycles. The molecule has 21 heavy (non-hydrogen) atoms. The Balaban J connectivity index is 2.03. The molecule has 2 aromatic rings. The summed E-state index contributed by atoms with van der Waals surface area (Å²) in [4.78, 5) is 22.3. The van der Waals surface area contributed by atoms with Crippen LogP contribution < -0.4 is 10.2 Å². The molecule has 0 aliphatic heterocycles. The van der Waals surface area contributed by atoms with Crippen LogP contribution in [0.2, 0.25) is 0 Å². The van der Waals surface area contributed by atoms with Crippen LogP contribution in [0.25, 0.3) is 0 Å². The van der Waals surface area contributed by atoms with Gasteiger partial charge in [-0.1, -0.05) is 31.5 Å². The normalized spacial score (nSPS) is 10.2.